The van der Waals surface area contributed by atoms with Crippen molar-refractivity contribution in [1.29, 1.82) is 0 Å². The Bertz CT molecular complexity index is 649. The van der Waals surface area contributed by atoms with Gasteiger partial charge in [0.1, 0.15) is 4.21 Å². The molecule has 130 valence electrons. The predicted molar refractivity (Wildman–Crippen MR) is 93.3 cm³/mol. The van der Waals surface area contributed by atoms with Gasteiger partial charge in [-0.1, -0.05) is 25.4 Å². The first-order chi connectivity index (χ1) is 10.7. The number of thiophene rings is 1. The number of rotatable bonds is 5. The maximum atomic E-state index is 12.5. The molecule has 0 spiro atoms. The standard InChI is InChI=1S/C15H23ClN2O3S2/c1-10(2)11(3)17-15(19)12-6-8-18(9-7-12)23(20,21)14-5-4-13(16)22-14/h4-5,10-12H,6-9H2,1-3H3,(H,17,19). The van der Waals surface area contributed by atoms with Crippen LogP contribution in [0.3, 0.4) is 0 Å². The fourth-order valence-electron chi connectivity index (χ4n) is 2.43. The van der Waals surface area contributed by atoms with Gasteiger partial charge in [0.05, 0.1) is 4.34 Å². The summed E-state index contributed by atoms with van der Waals surface area (Å²) in [5, 5.41) is 3.02. The molecule has 2 rings (SSSR count). The van der Waals surface area contributed by atoms with Crippen LogP contribution in [-0.4, -0.2) is 37.8 Å². The molecule has 1 saturated heterocycles. The van der Waals surface area contributed by atoms with Crippen molar-refractivity contribution in [2.45, 2.75) is 43.9 Å². The number of nitrogens with zero attached hydrogens (tertiary/aromatic N) is 1. The van der Waals surface area contributed by atoms with Gasteiger partial charge in [0.25, 0.3) is 10.0 Å². The molecule has 0 saturated carbocycles. The molecule has 1 fully saturated rings. The molecule has 8 heteroatoms. The van der Waals surface area contributed by atoms with Crippen molar-refractivity contribution in [3.05, 3.63) is 16.5 Å². The number of nitrogens with one attached hydrogen (secondary N) is 1. The molecular weight excluding hydrogens is 356 g/mol. The van der Waals surface area contributed by atoms with E-state index in [4.69, 9.17) is 11.6 Å². The summed E-state index contributed by atoms with van der Waals surface area (Å²) in [6.45, 7) is 6.85. The van der Waals surface area contributed by atoms with E-state index in [0.717, 1.165) is 11.3 Å². The third-order valence-electron chi connectivity index (χ3n) is 4.34. The second-order valence-corrected chi connectivity index (χ2v) is 10.2. The maximum Gasteiger partial charge on any atom is 0.252 e. The Morgan fingerprint density at radius 2 is 1.91 bits per heavy atom. The van der Waals surface area contributed by atoms with E-state index in [9.17, 15) is 13.2 Å². The molecule has 1 aliphatic heterocycles. The van der Waals surface area contributed by atoms with Gasteiger partial charge in [-0.3, -0.25) is 4.79 Å². The molecule has 1 aromatic rings. The zero-order valence-electron chi connectivity index (χ0n) is 13.6. The van der Waals surface area contributed by atoms with Gasteiger partial charge in [0, 0.05) is 25.0 Å². The smallest absolute Gasteiger partial charge is 0.252 e. The third-order valence-corrected chi connectivity index (χ3v) is 7.93. The van der Waals surface area contributed by atoms with Crippen LogP contribution in [0.4, 0.5) is 0 Å². The molecular formula is C15H23ClN2O3S2. The molecule has 1 amide bonds. The second-order valence-electron chi connectivity index (χ2n) is 6.28. The molecule has 0 aliphatic carbocycles. The van der Waals surface area contributed by atoms with E-state index in [1.54, 1.807) is 6.07 Å². The summed E-state index contributed by atoms with van der Waals surface area (Å²) in [5.74, 6) is 0.292. The largest absolute Gasteiger partial charge is 0.353 e. The summed E-state index contributed by atoms with van der Waals surface area (Å²) in [6, 6.07) is 3.25. The normalized spacial score (nSPS) is 19.0. The number of carbonyl (C=O) groups is 1. The fourth-order valence-corrected chi connectivity index (χ4v) is 5.54. The monoisotopic (exact) mass is 378 g/mol. The zero-order chi connectivity index (χ0) is 17.2. The number of hydrogen-bond acceptors (Lipinski definition) is 4. The van der Waals surface area contributed by atoms with E-state index in [1.807, 2.05) is 6.92 Å². The van der Waals surface area contributed by atoms with Crippen LogP contribution in [0.5, 0.6) is 0 Å². The van der Waals surface area contributed by atoms with Gasteiger partial charge < -0.3 is 5.32 Å². The Hall–Kier alpha value is -0.630. The lowest BCUT2D eigenvalue weighted by Gasteiger charge is -2.31. The number of amides is 1. The van der Waals surface area contributed by atoms with Crippen LogP contribution in [0.25, 0.3) is 0 Å². The van der Waals surface area contributed by atoms with E-state index in [-0.39, 0.29) is 22.1 Å². The summed E-state index contributed by atoms with van der Waals surface area (Å²) in [7, 11) is -3.49. The predicted octanol–water partition coefficient (Wildman–Crippen LogP) is 2.96. The molecule has 2 heterocycles. The number of carbonyl (C=O) groups excluding carboxylic acids is 1. The van der Waals surface area contributed by atoms with Crippen LogP contribution in [0.15, 0.2) is 16.3 Å². The second kappa shape index (κ2) is 7.51. The van der Waals surface area contributed by atoms with Crippen molar-refractivity contribution >= 4 is 38.9 Å². The lowest BCUT2D eigenvalue weighted by atomic mass is 9.96. The van der Waals surface area contributed by atoms with Crippen LogP contribution in [0.2, 0.25) is 4.34 Å². The summed E-state index contributed by atoms with van der Waals surface area (Å²) in [4.78, 5) is 12.2. The molecule has 1 atom stereocenters. The lowest BCUT2D eigenvalue weighted by Crippen LogP contribution is -2.45. The van der Waals surface area contributed by atoms with Crippen LogP contribution in [0, 0.1) is 11.8 Å². The van der Waals surface area contributed by atoms with Crippen molar-refractivity contribution in [1.82, 2.24) is 9.62 Å². The minimum atomic E-state index is -3.49. The van der Waals surface area contributed by atoms with E-state index in [2.05, 4.69) is 19.2 Å². The number of hydrogen-bond donors (Lipinski definition) is 1. The topological polar surface area (TPSA) is 66.5 Å². The molecule has 1 unspecified atom stereocenters. The Kier molecular flexibility index (Phi) is 6.10. The van der Waals surface area contributed by atoms with Crippen LogP contribution in [-0.2, 0) is 14.8 Å². The van der Waals surface area contributed by atoms with Crippen molar-refractivity contribution in [2.75, 3.05) is 13.1 Å². The molecule has 0 bridgehead atoms. The van der Waals surface area contributed by atoms with Crippen LogP contribution in [0.1, 0.15) is 33.6 Å². The van der Waals surface area contributed by atoms with Gasteiger partial charge in [-0.05, 0) is 37.8 Å². The minimum Gasteiger partial charge on any atom is -0.353 e. The highest BCUT2D eigenvalue weighted by Crippen LogP contribution is 2.30. The Labute approximate surface area is 147 Å². The molecule has 1 aromatic heterocycles. The summed E-state index contributed by atoms with van der Waals surface area (Å²) < 4.78 is 27.2. The van der Waals surface area contributed by atoms with E-state index in [0.29, 0.717) is 36.2 Å². The summed E-state index contributed by atoms with van der Waals surface area (Å²) >= 11 is 6.89. The highest BCUT2D eigenvalue weighted by Gasteiger charge is 2.33. The molecule has 5 nitrogen and oxygen atoms in total. The third kappa shape index (κ3) is 4.47. The van der Waals surface area contributed by atoms with E-state index in [1.165, 1.54) is 10.4 Å². The SMILES string of the molecule is CC(C)C(C)NC(=O)C1CCN(S(=O)(=O)c2ccc(Cl)s2)CC1. The average molecular weight is 379 g/mol. The Balaban J connectivity index is 1.94. The summed E-state index contributed by atoms with van der Waals surface area (Å²) in [5.41, 5.74) is 0. The van der Waals surface area contributed by atoms with Gasteiger partial charge in [-0.25, -0.2) is 8.42 Å². The van der Waals surface area contributed by atoms with Gasteiger partial charge in [0.15, 0.2) is 0 Å². The first kappa shape index (κ1) is 18.7. The molecule has 1 aliphatic rings. The first-order valence-electron chi connectivity index (χ1n) is 7.77. The first-order valence-corrected chi connectivity index (χ1v) is 10.4. The molecule has 0 radical (unpaired) electrons. The van der Waals surface area contributed by atoms with Crippen LogP contribution < -0.4 is 5.32 Å². The molecule has 0 aromatic carbocycles. The van der Waals surface area contributed by atoms with Gasteiger partial charge in [-0.2, -0.15) is 4.31 Å². The maximum absolute atomic E-state index is 12.5. The van der Waals surface area contributed by atoms with E-state index < -0.39 is 10.0 Å². The average Bonchev–Trinajstić information content (AvgIpc) is 2.94. The van der Waals surface area contributed by atoms with Crippen molar-refractivity contribution in [2.24, 2.45) is 11.8 Å². The van der Waals surface area contributed by atoms with Crippen molar-refractivity contribution < 1.29 is 13.2 Å². The van der Waals surface area contributed by atoms with Crippen molar-refractivity contribution in [3.8, 4) is 0 Å². The van der Waals surface area contributed by atoms with Crippen molar-refractivity contribution in [3.63, 3.8) is 0 Å². The van der Waals surface area contributed by atoms with Crippen LogP contribution >= 0.6 is 22.9 Å². The number of piperidine rings is 1. The summed E-state index contributed by atoms with van der Waals surface area (Å²) in [6.07, 6.45) is 1.10. The number of sulfonamides is 1. The van der Waals surface area contributed by atoms with E-state index >= 15 is 0 Å². The van der Waals surface area contributed by atoms with Gasteiger partial charge in [0.2, 0.25) is 5.91 Å². The quantitative estimate of drug-likeness (QED) is 0.856. The number of halogens is 1. The Morgan fingerprint density at radius 3 is 2.39 bits per heavy atom. The Morgan fingerprint density at radius 1 is 1.30 bits per heavy atom. The van der Waals surface area contributed by atoms with Gasteiger partial charge in [-0.15, -0.1) is 11.3 Å². The highest BCUT2D eigenvalue weighted by atomic mass is 35.5. The molecule has 23 heavy (non-hydrogen) atoms. The zero-order valence-corrected chi connectivity index (χ0v) is 16.0. The van der Waals surface area contributed by atoms with Gasteiger partial charge >= 0.3 is 0 Å². The lowest BCUT2D eigenvalue weighted by molar-refractivity contribution is -0.127. The highest BCUT2D eigenvalue weighted by molar-refractivity contribution is 7.91. The minimum absolute atomic E-state index is 0.0300. The fraction of sp³-hybridized carbons (Fsp3) is 0.667. The molecule has 1 N–H and O–H groups in total.